The summed E-state index contributed by atoms with van der Waals surface area (Å²) in [5, 5.41) is 6.65. The molecule has 5 nitrogen and oxygen atoms in total. The molecule has 1 saturated heterocycles. The van der Waals surface area contributed by atoms with Crippen LogP contribution in [0.15, 0.2) is 29.3 Å². The molecule has 2 N–H and O–H groups in total. The van der Waals surface area contributed by atoms with Gasteiger partial charge >= 0.3 is 0 Å². The molecule has 0 spiro atoms. The van der Waals surface area contributed by atoms with Crippen LogP contribution < -0.4 is 15.5 Å². The van der Waals surface area contributed by atoms with E-state index in [9.17, 15) is 4.79 Å². The van der Waals surface area contributed by atoms with Crippen molar-refractivity contribution in [3.05, 3.63) is 29.8 Å². The quantitative estimate of drug-likeness (QED) is 0.411. The number of anilines is 1. The van der Waals surface area contributed by atoms with Crippen LogP contribution in [0.4, 0.5) is 5.69 Å². The Kier molecular flexibility index (Phi) is 8.68. The minimum atomic E-state index is -0.0283. The summed E-state index contributed by atoms with van der Waals surface area (Å²) in [6.45, 7) is 10.7. The number of hydrogen-bond acceptors (Lipinski definition) is 2. The van der Waals surface area contributed by atoms with Gasteiger partial charge in [0.25, 0.3) is 0 Å². The molecule has 1 aliphatic heterocycles. The molecule has 1 heterocycles. The molecule has 0 bridgehead atoms. The van der Waals surface area contributed by atoms with E-state index in [-0.39, 0.29) is 35.4 Å². The lowest BCUT2D eigenvalue weighted by Gasteiger charge is -2.26. The number of halogens is 1. The summed E-state index contributed by atoms with van der Waals surface area (Å²) in [5.41, 5.74) is 2.10. The number of nitrogens with zero attached hydrogens (tertiary/aromatic N) is 2. The highest BCUT2D eigenvalue weighted by atomic mass is 127. The van der Waals surface area contributed by atoms with Gasteiger partial charge in [0.2, 0.25) is 5.91 Å². The first-order valence-corrected chi connectivity index (χ1v) is 8.85. The third-order valence-electron chi connectivity index (χ3n) is 3.83. The molecule has 0 saturated carbocycles. The van der Waals surface area contributed by atoms with Crippen molar-refractivity contribution in [3.63, 3.8) is 0 Å². The highest BCUT2D eigenvalue weighted by molar-refractivity contribution is 14.0. The largest absolute Gasteiger partial charge is 0.357 e. The van der Waals surface area contributed by atoms with E-state index >= 15 is 0 Å². The number of nitrogens with one attached hydrogen (secondary N) is 2. The molecule has 1 aliphatic rings. The molecule has 0 unspecified atom stereocenters. The smallest absolute Gasteiger partial charge is 0.226 e. The highest BCUT2D eigenvalue weighted by Gasteiger charge is 2.19. The monoisotopic (exact) mass is 458 g/mol. The average molecular weight is 458 g/mol. The van der Waals surface area contributed by atoms with Crippen LogP contribution >= 0.6 is 24.0 Å². The Morgan fingerprint density at radius 2 is 1.88 bits per heavy atom. The van der Waals surface area contributed by atoms with E-state index in [0.717, 1.165) is 43.1 Å². The molecule has 0 atom stereocenters. The summed E-state index contributed by atoms with van der Waals surface area (Å²) in [6, 6.07) is 8.17. The van der Waals surface area contributed by atoms with Gasteiger partial charge in [0, 0.05) is 30.7 Å². The van der Waals surface area contributed by atoms with Crippen LogP contribution in [0.25, 0.3) is 0 Å². The molecule has 0 aliphatic carbocycles. The molecule has 0 radical (unpaired) electrons. The lowest BCUT2D eigenvalue weighted by atomic mass is 10.1. The number of piperidine rings is 1. The number of hydrogen-bond donors (Lipinski definition) is 2. The normalized spacial score (nSPS) is 15.6. The molecule has 1 aromatic rings. The van der Waals surface area contributed by atoms with Gasteiger partial charge in [0.1, 0.15) is 0 Å². The van der Waals surface area contributed by atoms with Gasteiger partial charge in [0.05, 0.1) is 6.54 Å². The van der Waals surface area contributed by atoms with Gasteiger partial charge in [-0.25, -0.2) is 4.99 Å². The van der Waals surface area contributed by atoms with Crippen molar-refractivity contribution in [2.24, 2.45) is 4.99 Å². The first-order valence-electron chi connectivity index (χ1n) is 8.85. The average Bonchev–Trinajstić information content (AvgIpc) is 2.53. The fourth-order valence-corrected chi connectivity index (χ4v) is 2.69. The summed E-state index contributed by atoms with van der Waals surface area (Å²) in [4.78, 5) is 18.5. The zero-order valence-corrected chi connectivity index (χ0v) is 18.1. The predicted molar refractivity (Wildman–Crippen MR) is 116 cm³/mol. The van der Waals surface area contributed by atoms with Gasteiger partial charge in [-0.1, -0.05) is 12.1 Å². The Morgan fingerprint density at radius 3 is 2.44 bits per heavy atom. The first-order chi connectivity index (χ1) is 11.4. The summed E-state index contributed by atoms with van der Waals surface area (Å²) in [7, 11) is 0. The Morgan fingerprint density at radius 1 is 1.20 bits per heavy atom. The van der Waals surface area contributed by atoms with Crippen LogP contribution in [0.2, 0.25) is 0 Å². The van der Waals surface area contributed by atoms with E-state index in [1.165, 1.54) is 0 Å². The molecule has 1 amide bonds. The standard InChI is InChI=1S/C19H30N4O.HI/c1-5-20-18(22-19(2,3)4)21-14-15-9-11-16(12-10-15)23-13-7-6-8-17(23)24;/h9-12H,5-8,13-14H2,1-4H3,(H2,20,21,22);1H. The molecule has 0 aromatic heterocycles. The molecule has 140 valence electrons. The molecular formula is C19H31IN4O. The molecule has 1 aromatic carbocycles. The van der Waals surface area contributed by atoms with Crippen molar-refractivity contribution in [2.75, 3.05) is 18.0 Å². The number of amides is 1. The Bertz CT molecular complexity index is 578. The molecular weight excluding hydrogens is 427 g/mol. The van der Waals surface area contributed by atoms with E-state index in [4.69, 9.17) is 0 Å². The third-order valence-corrected chi connectivity index (χ3v) is 3.83. The third kappa shape index (κ3) is 7.22. The van der Waals surface area contributed by atoms with Crippen molar-refractivity contribution in [1.29, 1.82) is 0 Å². The maximum atomic E-state index is 12.0. The van der Waals surface area contributed by atoms with Gasteiger partial charge in [-0.2, -0.15) is 0 Å². The van der Waals surface area contributed by atoms with Gasteiger partial charge in [0.15, 0.2) is 5.96 Å². The Balaban J connectivity index is 0.00000312. The second-order valence-corrected chi connectivity index (χ2v) is 7.24. The second-order valence-electron chi connectivity index (χ2n) is 7.24. The second kappa shape index (κ2) is 9.99. The number of rotatable bonds is 4. The number of aliphatic imine (C=N–C) groups is 1. The van der Waals surface area contributed by atoms with Gasteiger partial charge in [-0.15, -0.1) is 24.0 Å². The van der Waals surface area contributed by atoms with Crippen molar-refractivity contribution in [2.45, 2.75) is 59.0 Å². The number of carbonyl (C=O) groups is 1. The zero-order valence-electron chi connectivity index (χ0n) is 15.8. The van der Waals surface area contributed by atoms with Crippen LogP contribution in [-0.2, 0) is 11.3 Å². The molecule has 2 rings (SSSR count). The SMILES string of the molecule is CCNC(=NCc1ccc(N2CCCCC2=O)cc1)NC(C)(C)C.I. The van der Waals surface area contributed by atoms with Crippen LogP contribution in [0.1, 0.15) is 52.5 Å². The maximum Gasteiger partial charge on any atom is 0.226 e. The minimum Gasteiger partial charge on any atom is -0.357 e. The lowest BCUT2D eigenvalue weighted by molar-refractivity contribution is -0.119. The fourth-order valence-electron chi connectivity index (χ4n) is 2.69. The van der Waals surface area contributed by atoms with Crippen molar-refractivity contribution in [1.82, 2.24) is 10.6 Å². The van der Waals surface area contributed by atoms with Crippen LogP contribution in [0.3, 0.4) is 0 Å². The summed E-state index contributed by atoms with van der Waals surface area (Å²) < 4.78 is 0. The van der Waals surface area contributed by atoms with E-state index in [0.29, 0.717) is 13.0 Å². The van der Waals surface area contributed by atoms with Crippen molar-refractivity contribution >= 4 is 41.5 Å². The maximum absolute atomic E-state index is 12.0. The first kappa shape index (κ1) is 21.7. The number of benzene rings is 1. The van der Waals surface area contributed by atoms with Crippen LogP contribution in [-0.4, -0.2) is 30.5 Å². The predicted octanol–water partition coefficient (Wildman–Crippen LogP) is 3.68. The Hall–Kier alpha value is -1.31. The summed E-state index contributed by atoms with van der Waals surface area (Å²) in [6.07, 6.45) is 2.76. The summed E-state index contributed by atoms with van der Waals surface area (Å²) in [5.74, 6) is 1.05. The van der Waals surface area contributed by atoms with Crippen LogP contribution in [0, 0.1) is 0 Å². The van der Waals surface area contributed by atoms with Gasteiger partial charge in [-0.05, 0) is 58.2 Å². The molecule has 6 heteroatoms. The van der Waals surface area contributed by atoms with E-state index in [1.807, 2.05) is 17.0 Å². The topological polar surface area (TPSA) is 56.7 Å². The van der Waals surface area contributed by atoms with Crippen LogP contribution in [0.5, 0.6) is 0 Å². The van der Waals surface area contributed by atoms with Crippen molar-refractivity contribution in [3.8, 4) is 0 Å². The fraction of sp³-hybridized carbons (Fsp3) is 0.579. The van der Waals surface area contributed by atoms with E-state index in [1.54, 1.807) is 0 Å². The summed E-state index contributed by atoms with van der Waals surface area (Å²) >= 11 is 0. The highest BCUT2D eigenvalue weighted by Crippen LogP contribution is 2.21. The van der Waals surface area contributed by atoms with E-state index in [2.05, 4.69) is 55.5 Å². The number of guanidine groups is 1. The van der Waals surface area contributed by atoms with E-state index < -0.39 is 0 Å². The molecule has 1 fully saturated rings. The van der Waals surface area contributed by atoms with Gasteiger partial charge < -0.3 is 15.5 Å². The van der Waals surface area contributed by atoms with Crippen molar-refractivity contribution < 1.29 is 4.79 Å². The van der Waals surface area contributed by atoms with Gasteiger partial charge in [-0.3, -0.25) is 4.79 Å². The molecule has 25 heavy (non-hydrogen) atoms. The zero-order chi connectivity index (χ0) is 17.6. The Labute approximate surface area is 168 Å². The minimum absolute atomic E-state index is 0. The lowest BCUT2D eigenvalue weighted by Crippen LogP contribution is -2.47. The number of carbonyl (C=O) groups excluding carboxylic acids is 1.